The van der Waals surface area contributed by atoms with Crippen LogP contribution in [0, 0.1) is 11.3 Å². The number of anilines is 1. The van der Waals surface area contributed by atoms with Crippen molar-refractivity contribution in [2.24, 2.45) is 11.3 Å². The number of hydrogen-bond acceptors (Lipinski definition) is 6. The van der Waals surface area contributed by atoms with Crippen molar-refractivity contribution < 1.29 is 28.7 Å². The van der Waals surface area contributed by atoms with Crippen LogP contribution in [0.4, 0.5) is 5.69 Å². The van der Waals surface area contributed by atoms with Gasteiger partial charge in [-0.2, -0.15) is 0 Å². The summed E-state index contributed by atoms with van der Waals surface area (Å²) >= 11 is 6.42. The number of carbonyl (C=O) groups is 4. The molecule has 0 radical (unpaired) electrons. The summed E-state index contributed by atoms with van der Waals surface area (Å²) in [5, 5.41) is 5.19. The summed E-state index contributed by atoms with van der Waals surface area (Å²) in [6.45, 7) is 4.45. The van der Waals surface area contributed by atoms with E-state index in [9.17, 15) is 19.2 Å². The molecule has 1 aromatic rings. The second kappa shape index (κ2) is 9.09. The third-order valence-electron chi connectivity index (χ3n) is 7.69. The minimum absolute atomic E-state index is 0.0529. The predicted molar refractivity (Wildman–Crippen MR) is 127 cm³/mol. The van der Waals surface area contributed by atoms with E-state index in [1.54, 1.807) is 18.2 Å². The number of alkyl halides is 1. The van der Waals surface area contributed by atoms with Crippen molar-refractivity contribution in [3.8, 4) is 5.75 Å². The van der Waals surface area contributed by atoms with Crippen LogP contribution in [0.5, 0.6) is 5.75 Å². The molecule has 10 heteroatoms. The summed E-state index contributed by atoms with van der Waals surface area (Å²) in [5.74, 6) is -0.772. The van der Waals surface area contributed by atoms with E-state index in [1.165, 1.54) is 4.90 Å². The lowest BCUT2D eigenvalue weighted by molar-refractivity contribution is -0.139. The Hall–Kier alpha value is -2.65. The maximum atomic E-state index is 13.8. The Bertz CT molecular complexity index is 1070. The van der Waals surface area contributed by atoms with E-state index in [2.05, 4.69) is 24.5 Å². The Balaban J connectivity index is 1.39. The summed E-state index contributed by atoms with van der Waals surface area (Å²) in [6.07, 6.45) is 2.95. The molecule has 2 N–H and O–H groups in total. The van der Waals surface area contributed by atoms with Gasteiger partial charge in [-0.25, -0.2) is 0 Å². The number of hydrogen-bond donors (Lipinski definition) is 2. The van der Waals surface area contributed by atoms with Crippen LogP contribution in [0.15, 0.2) is 18.2 Å². The van der Waals surface area contributed by atoms with Crippen LogP contribution in [0.3, 0.4) is 0 Å². The molecule has 1 aromatic carbocycles. The Kier molecular flexibility index (Phi) is 6.25. The molecule has 35 heavy (non-hydrogen) atoms. The first-order valence-electron chi connectivity index (χ1n) is 12.1. The topological polar surface area (TPSA) is 114 Å². The van der Waals surface area contributed by atoms with Crippen LogP contribution in [-0.2, 0) is 19.1 Å². The molecule has 1 saturated carbocycles. The van der Waals surface area contributed by atoms with Gasteiger partial charge in [-0.3, -0.25) is 19.2 Å². The summed E-state index contributed by atoms with van der Waals surface area (Å²) in [5.41, 5.74) is 1.00. The molecular formula is C25H30ClN3O6. The number of nitrogens with one attached hydrogen (secondary N) is 2. The zero-order valence-corrected chi connectivity index (χ0v) is 20.6. The van der Waals surface area contributed by atoms with Gasteiger partial charge < -0.3 is 25.0 Å². The highest BCUT2D eigenvalue weighted by molar-refractivity contribution is 6.22. The van der Waals surface area contributed by atoms with Crippen LogP contribution >= 0.6 is 11.6 Å². The van der Waals surface area contributed by atoms with E-state index in [-0.39, 0.29) is 48.7 Å². The molecule has 9 nitrogen and oxygen atoms in total. The summed E-state index contributed by atoms with van der Waals surface area (Å²) in [4.78, 5) is 52.7. The lowest BCUT2D eigenvalue weighted by Gasteiger charge is -2.39. The lowest BCUT2D eigenvalue weighted by Crippen LogP contribution is -2.55. The maximum Gasteiger partial charge on any atom is 0.262 e. The van der Waals surface area contributed by atoms with Crippen LogP contribution in [0.2, 0.25) is 0 Å². The van der Waals surface area contributed by atoms with Crippen molar-refractivity contribution in [2.45, 2.75) is 63.1 Å². The molecule has 0 bridgehead atoms. The first kappa shape index (κ1) is 24.1. The third kappa shape index (κ3) is 4.63. The summed E-state index contributed by atoms with van der Waals surface area (Å²) < 4.78 is 11.0. The molecule has 3 heterocycles. The lowest BCUT2D eigenvalue weighted by atomic mass is 9.71. The Morgan fingerprint density at radius 3 is 2.69 bits per heavy atom. The van der Waals surface area contributed by atoms with Crippen LogP contribution < -0.4 is 15.4 Å². The number of rotatable bonds is 4. The van der Waals surface area contributed by atoms with E-state index < -0.39 is 29.5 Å². The van der Waals surface area contributed by atoms with Gasteiger partial charge in [-0.05, 0) is 55.2 Å². The number of ketones is 1. The van der Waals surface area contributed by atoms with E-state index in [4.69, 9.17) is 21.1 Å². The van der Waals surface area contributed by atoms with Gasteiger partial charge in [0.15, 0.2) is 12.4 Å². The molecule has 1 aliphatic carbocycles. The molecule has 3 aliphatic heterocycles. The normalized spacial score (nSPS) is 28.5. The highest BCUT2D eigenvalue weighted by Gasteiger charge is 2.53. The van der Waals surface area contributed by atoms with Crippen LogP contribution in [-0.4, -0.2) is 71.7 Å². The molecule has 188 valence electrons. The fraction of sp³-hybridized carbons (Fsp3) is 0.600. The number of halogens is 1. The number of carbonyl (C=O) groups excluding carboxylic acids is 4. The monoisotopic (exact) mass is 503 g/mol. The molecule has 3 fully saturated rings. The largest absolute Gasteiger partial charge is 0.482 e. The van der Waals surface area contributed by atoms with Crippen molar-refractivity contribution in [3.63, 3.8) is 0 Å². The van der Waals surface area contributed by atoms with Crippen molar-refractivity contribution >= 4 is 40.8 Å². The van der Waals surface area contributed by atoms with Gasteiger partial charge >= 0.3 is 0 Å². The van der Waals surface area contributed by atoms with Crippen molar-refractivity contribution in [1.82, 2.24) is 10.2 Å². The van der Waals surface area contributed by atoms with E-state index in [0.29, 0.717) is 17.0 Å². The second-order valence-electron chi connectivity index (χ2n) is 10.7. The zero-order valence-electron chi connectivity index (χ0n) is 19.8. The summed E-state index contributed by atoms with van der Waals surface area (Å²) in [6, 6.07) is 3.27. The standard InChI is InChI=1S/C25H30ClN3O6/c1-25(2)7-5-13(6-8-25)20(24(33)29-10-15(26)22-21(29)17(30)11-35-22)28-23(32)14-3-4-16-18(9-14)34-12-19(31)27-16/h3-4,9,13,15,20-22H,5-8,10-12H2,1-2H3,(H,27,31)(H,28,32)/t15-,20-,21+,22+/m0/s1. The van der Waals surface area contributed by atoms with Gasteiger partial charge in [-0.1, -0.05) is 13.8 Å². The summed E-state index contributed by atoms with van der Waals surface area (Å²) in [7, 11) is 0. The van der Waals surface area contributed by atoms with Gasteiger partial charge in [0.25, 0.3) is 11.8 Å². The quantitative estimate of drug-likeness (QED) is 0.608. The highest BCUT2D eigenvalue weighted by atomic mass is 35.5. The second-order valence-corrected chi connectivity index (χ2v) is 11.3. The molecule has 0 unspecified atom stereocenters. The number of benzene rings is 1. The molecule has 5 rings (SSSR count). The van der Waals surface area contributed by atoms with Gasteiger partial charge in [-0.15, -0.1) is 11.6 Å². The van der Waals surface area contributed by atoms with Gasteiger partial charge in [0.05, 0.1) is 11.1 Å². The Morgan fingerprint density at radius 2 is 1.94 bits per heavy atom. The Morgan fingerprint density at radius 1 is 1.20 bits per heavy atom. The van der Waals surface area contributed by atoms with E-state index >= 15 is 0 Å². The molecule has 0 spiro atoms. The van der Waals surface area contributed by atoms with Crippen molar-refractivity contribution in [2.75, 3.05) is 25.1 Å². The van der Waals surface area contributed by atoms with Crippen molar-refractivity contribution in [3.05, 3.63) is 23.8 Å². The molecular weight excluding hydrogens is 474 g/mol. The van der Waals surface area contributed by atoms with E-state index in [1.807, 2.05) is 0 Å². The molecule has 2 saturated heterocycles. The number of nitrogens with zero attached hydrogens (tertiary/aromatic N) is 1. The molecule has 4 aliphatic rings. The number of likely N-dealkylation sites (tertiary alicyclic amines) is 1. The van der Waals surface area contributed by atoms with Gasteiger partial charge in [0, 0.05) is 12.1 Å². The Labute approximate surface area is 208 Å². The zero-order chi connectivity index (χ0) is 24.9. The fourth-order valence-electron chi connectivity index (χ4n) is 5.58. The third-order valence-corrected chi connectivity index (χ3v) is 8.08. The first-order valence-corrected chi connectivity index (χ1v) is 12.5. The fourth-order valence-corrected chi connectivity index (χ4v) is 5.94. The van der Waals surface area contributed by atoms with Gasteiger partial charge in [0.1, 0.15) is 30.5 Å². The van der Waals surface area contributed by atoms with Crippen LogP contribution in [0.25, 0.3) is 0 Å². The number of fused-ring (bicyclic) bond motifs is 2. The SMILES string of the molecule is CC1(C)CCC([C@H](NC(=O)c2ccc3c(c2)OCC(=O)N3)C(=O)N2C[C@H](Cl)[C@H]3OCC(=O)[C@H]32)CC1. The first-order chi connectivity index (χ1) is 16.6. The number of ether oxygens (including phenoxy) is 2. The number of Topliss-reactive ketones (excluding diaryl/α,β-unsaturated/α-hetero) is 1. The maximum absolute atomic E-state index is 13.8. The number of amides is 3. The van der Waals surface area contributed by atoms with Crippen LogP contribution in [0.1, 0.15) is 49.9 Å². The molecule has 4 atom stereocenters. The average Bonchev–Trinajstić information content (AvgIpc) is 3.37. The highest BCUT2D eigenvalue weighted by Crippen LogP contribution is 2.40. The van der Waals surface area contributed by atoms with Gasteiger partial charge in [0.2, 0.25) is 5.91 Å². The smallest absolute Gasteiger partial charge is 0.262 e. The van der Waals surface area contributed by atoms with E-state index in [0.717, 1.165) is 25.7 Å². The minimum atomic E-state index is -0.786. The average molecular weight is 504 g/mol. The molecule has 3 amide bonds. The van der Waals surface area contributed by atoms with Crippen molar-refractivity contribution in [1.29, 1.82) is 0 Å². The molecule has 0 aromatic heterocycles. The minimum Gasteiger partial charge on any atom is -0.482 e. The predicted octanol–water partition coefficient (Wildman–Crippen LogP) is 2.12.